The summed E-state index contributed by atoms with van der Waals surface area (Å²) in [6.07, 6.45) is 3.57. The van der Waals surface area contributed by atoms with Gasteiger partial charge in [0.1, 0.15) is 5.75 Å². The predicted octanol–water partition coefficient (Wildman–Crippen LogP) is 12.7. The normalized spacial score (nSPS) is 14.1. The number of esters is 1. The molecule has 0 unspecified atom stereocenters. The fraction of sp³-hybridized carbons (Fsp3) is 0.781. The summed E-state index contributed by atoms with van der Waals surface area (Å²) >= 11 is 0. The number of hydrogen-bond donors (Lipinski definition) is 0. The van der Waals surface area contributed by atoms with Gasteiger partial charge in [0.2, 0.25) is 0 Å². The summed E-state index contributed by atoms with van der Waals surface area (Å²) in [6, 6.07) is 3.71. The molecule has 1 aromatic carbocycles. The molecule has 304 valence electrons. The van der Waals surface area contributed by atoms with E-state index in [0.29, 0.717) is 6.42 Å². The summed E-state index contributed by atoms with van der Waals surface area (Å²) in [6.45, 7) is 0.426. The van der Waals surface area contributed by atoms with Crippen LogP contribution in [0.1, 0.15) is 107 Å². The number of halogens is 17. The van der Waals surface area contributed by atoms with Gasteiger partial charge in [0.05, 0.1) is 25.2 Å². The number of rotatable bonds is 25. The molecule has 0 aliphatic carbocycles. The first-order chi connectivity index (χ1) is 23.7. The third kappa shape index (κ3) is 10.7. The maximum absolute atomic E-state index is 14.1. The minimum absolute atomic E-state index is 0.0517. The summed E-state index contributed by atoms with van der Waals surface area (Å²) in [5.41, 5.74) is -0.116. The highest BCUT2D eigenvalue weighted by Gasteiger charge is 2.95. The van der Waals surface area contributed by atoms with E-state index in [2.05, 4.69) is 11.7 Å². The van der Waals surface area contributed by atoms with Crippen LogP contribution in [0, 0.1) is 0 Å². The number of benzene rings is 1. The highest BCUT2D eigenvalue weighted by Crippen LogP contribution is 2.64. The van der Waals surface area contributed by atoms with Gasteiger partial charge < -0.3 is 9.47 Å². The Morgan fingerprint density at radius 1 is 0.481 bits per heavy atom. The average molecular weight is 795 g/mol. The van der Waals surface area contributed by atoms with E-state index in [4.69, 9.17) is 4.74 Å². The Kier molecular flexibility index (Phi) is 16.9. The van der Waals surface area contributed by atoms with E-state index in [-0.39, 0.29) is 12.2 Å². The molecule has 0 aliphatic rings. The zero-order valence-corrected chi connectivity index (χ0v) is 27.8. The number of unbranched alkanes of at least 4 members (excludes halogenated alkanes) is 12. The summed E-state index contributed by atoms with van der Waals surface area (Å²) in [5.74, 6) is -58.1. The van der Waals surface area contributed by atoms with Crippen molar-refractivity contribution in [3.63, 3.8) is 0 Å². The van der Waals surface area contributed by atoms with Crippen LogP contribution in [-0.2, 0) is 4.74 Å². The molecular weight excluding hydrogens is 755 g/mol. The van der Waals surface area contributed by atoms with Crippen LogP contribution in [0.2, 0.25) is 0 Å². The van der Waals surface area contributed by atoms with E-state index in [0.717, 1.165) is 56.4 Å². The van der Waals surface area contributed by atoms with Gasteiger partial charge in [-0.25, -0.2) is 4.79 Å². The summed E-state index contributed by atoms with van der Waals surface area (Å²) < 4.78 is 237. The van der Waals surface area contributed by atoms with Crippen molar-refractivity contribution in [2.75, 3.05) is 13.2 Å². The molecule has 1 aromatic rings. The Bertz CT molecular complexity index is 1220. The molecule has 20 heteroatoms. The summed E-state index contributed by atoms with van der Waals surface area (Å²) in [4.78, 5) is 12.2. The lowest BCUT2D eigenvalue weighted by atomic mass is 9.88. The van der Waals surface area contributed by atoms with Crippen LogP contribution in [0.25, 0.3) is 0 Å². The molecule has 0 heterocycles. The maximum Gasteiger partial charge on any atom is 0.460 e. The molecule has 0 saturated carbocycles. The van der Waals surface area contributed by atoms with Gasteiger partial charge in [-0.2, -0.15) is 74.6 Å². The van der Waals surface area contributed by atoms with Crippen LogP contribution < -0.4 is 4.74 Å². The van der Waals surface area contributed by atoms with Gasteiger partial charge in [0.15, 0.2) is 0 Å². The van der Waals surface area contributed by atoms with Gasteiger partial charge in [0.25, 0.3) is 0 Å². The van der Waals surface area contributed by atoms with Crippen molar-refractivity contribution in [2.45, 2.75) is 144 Å². The van der Waals surface area contributed by atoms with Crippen LogP contribution in [0.4, 0.5) is 74.6 Å². The number of hydrogen-bond acceptors (Lipinski definition) is 3. The molecule has 0 aromatic heterocycles. The van der Waals surface area contributed by atoms with E-state index in [9.17, 15) is 79.4 Å². The molecule has 0 aliphatic heterocycles. The number of ether oxygens (including phenoxy) is 2. The second kappa shape index (κ2) is 18.6. The molecule has 0 fully saturated rings. The smallest absolute Gasteiger partial charge is 0.460 e. The first-order valence-corrected chi connectivity index (χ1v) is 16.3. The Hall–Kier alpha value is -2.70. The first kappa shape index (κ1) is 47.3. The summed E-state index contributed by atoms with van der Waals surface area (Å²) in [5, 5.41) is 0. The van der Waals surface area contributed by atoms with Crippen molar-refractivity contribution >= 4 is 5.97 Å². The SMILES string of the molecule is CCCCCCCCCCCCCCCOC(=O)c1ccc(OCCC(F)(F)C(F)(F)C(F)(F)C(F)(F)C(F)(F)C(F)(F)C(F)(F)C(F)(F)F)cc1. The third-order valence-corrected chi connectivity index (χ3v) is 8.04. The molecule has 0 amide bonds. The fourth-order valence-corrected chi connectivity index (χ4v) is 4.71. The van der Waals surface area contributed by atoms with Gasteiger partial charge in [-0.1, -0.05) is 84.0 Å². The van der Waals surface area contributed by atoms with Crippen molar-refractivity contribution < 1.29 is 88.9 Å². The Balaban J connectivity index is 2.66. The van der Waals surface area contributed by atoms with Gasteiger partial charge in [-0.3, -0.25) is 0 Å². The molecular formula is C32H39F17O3. The van der Waals surface area contributed by atoms with Gasteiger partial charge in [-0.05, 0) is 30.7 Å². The van der Waals surface area contributed by atoms with Crippen molar-refractivity contribution in [1.29, 1.82) is 0 Å². The standard InChI is InChI=1S/C32H39F17O3/c1-2-3-4-5-6-7-8-9-10-11-12-13-14-20-52-24(50)22-15-17-23(18-16-22)51-21-19-25(33,34)26(35,36)27(37,38)28(39,40)29(41,42)30(43,44)31(45,46)32(47,48)49/h15-18H,2-14,19-21H2,1H3. The Morgan fingerprint density at radius 3 is 1.25 bits per heavy atom. The molecule has 3 nitrogen and oxygen atoms in total. The average Bonchev–Trinajstić information content (AvgIpc) is 3.04. The van der Waals surface area contributed by atoms with Crippen molar-refractivity contribution in [3.05, 3.63) is 29.8 Å². The third-order valence-electron chi connectivity index (χ3n) is 8.04. The molecule has 0 bridgehead atoms. The minimum Gasteiger partial charge on any atom is -0.493 e. The second-order valence-corrected chi connectivity index (χ2v) is 12.1. The zero-order chi connectivity index (χ0) is 40.3. The first-order valence-electron chi connectivity index (χ1n) is 16.3. The maximum atomic E-state index is 14.1. The molecule has 1 rings (SSSR count). The topological polar surface area (TPSA) is 35.5 Å². The van der Waals surface area contributed by atoms with Gasteiger partial charge in [-0.15, -0.1) is 0 Å². The fourth-order valence-electron chi connectivity index (χ4n) is 4.71. The number of carbonyl (C=O) groups excluding carboxylic acids is 1. The summed E-state index contributed by atoms with van der Waals surface area (Å²) in [7, 11) is 0. The molecule has 52 heavy (non-hydrogen) atoms. The van der Waals surface area contributed by atoms with Crippen LogP contribution >= 0.6 is 0 Å². The lowest BCUT2D eigenvalue weighted by Gasteiger charge is -2.42. The molecule has 0 saturated heterocycles. The highest BCUT2D eigenvalue weighted by atomic mass is 19.4. The number of carbonyl (C=O) groups is 1. The van der Waals surface area contributed by atoms with Gasteiger partial charge >= 0.3 is 53.6 Å². The van der Waals surface area contributed by atoms with E-state index in [1.165, 1.54) is 44.9 Å². The van der Waals surface area contributed by atoms with Crippen LogP contribution in [0.15, 0.2) is 24.3 Å². The van der Waals surface area contributed by atoms with Gasteiger partial charge in [0, 0.05) is 0 Å². The highest BCUT2D eigenvalue weighted by molar-refractivity contribution is 5.89. The van der Waals surface area contributed by atoms with E-state index in [1.807, 2.05) is 0 Å². The van der Waals surface area contributed by atoms with Crippen LogP contribution in [0.5, 0.6) is 5.75 Å². The minimum atomic E-state index is -8.67. The van der Waals surface area contributed by atoms with Crippen LogP contribution in [0.3, 0.4) is 0 Å². The Labute approximate surface area is 288 Å². The molecule has 0 atom stereocenters. The molecule has 0 N–H and O–H groups in total. The van der Waals surface area contributed by atoms with Crippen molar-refractivity contribution in [3.8, 4) is 5.75 Å². The number of alkyl halides is 17. The zero-order valence-electron chi connectivity index (χ0n) is 27.8. The lowest BCUT2D eigenvalue weighted by Crippen LogP contribution is -2.74. The van der Waals surface area contributed by atoms with Crippen molar-refractivity contribution in [2.24, 2.45) is 0 Å². The van der Waals surface area contributed by atoms with Crippen molar-refractivity contribution in [1.82, 2.24) is 0 Å². The van der Waals surface area contributed by atoms with Crippen LogP contribution in [-0.4, -0.2) is 66.8 Å². The molecule has 0 spiro atoms. The quantitative estimate of drug-likeness (QED) is 0.0562. The van der Waals surface area contributed by atoms with E-state index in [1.54, 1.807) is 0 Å². The second-order valence-electron chi connectivity index (χ2n) is 12.1. The van der Waals surface area contributed by atoms with E-state index < -0.39 is 72.4 Å². The Morgan fingerprint density at radius 2 is 0.846 bits per heavy atom. The molecule has 0 radical (unpaired) electrons. The van der Waals surface area contributed by atoms with E-state index >= 15 is 0 Å². The monoisotopic (exact) mass is 794 g/mol. The largest absolute Gasteiger partial charge is 0.493 e. The lowest BCUT2D eigenvalue weighted by molar-refractivity contribution is -0.461. The predicted molar refractivity (Wildman–Crippen MR) is 153 cm³/mol.